The number of halogens is 1. The van der Waals surface area contributed by atoms with Crippen molar-refractivity contribution in [2.45, 2.75) is 19.3 Å². The Kier molecular flexibility index (Phi) is 2.67. The number of aromatic amines is 1. The van der Waals surface area contributed by atoms with Crippen molar-refractivity contribution in [1.29, 1.82) is 0 Å². The zero-order valence-electron chi connectivity index (χ0n) is 8.04. The van der Waals surface area contributed by atoms with E-state index in [1.54, 1.807) is 13.0 Å². The van der Waals surface area contributed by atoms with E-state index in [0.717, 1.165) is 4.88 Å². The Labute approximate surface area is 94.1 Å². The van der Waals surface area contributed by atoms with Crippen LogP contribution in [0.3, 0.4) is 0 Å². The molecule has 6 heteroatoms. The van der Waals surface area contributed by atoms with Crippen molar-refractivity contribution in [3.8, 4) is 0 Å². The molecule has 0 unspecified atom stereocenters. The summed E-state index contributed by atoms with van der Waals surface area (Å²) in [7, 11) is 0. The molecule has 2 heterocycles. The molecule has 2 aromatic rings. The molecule has 0 aliphatic carbocycles. The van der Waals surface area contributed by atoms with Gasteiger partial charge in [-0.25, -0.2) is 4.79 Å². The largest absolute Gasteiger partial charge is 0.329 e. The van der Waals surface area contributed by atoms with Crippen molar-refractivity contribution >= 4 is 33.2 Å². The summed E-state index contributed by atoms with van der Waals surface area (Å²) in [6, 6.07) is 1.73. The molecule has 0 aromatic carbocycles. The zero-order chi connectivity index (χ0) is 11.0. The maximum Gasteiger partial charge on any atom is 0.329 e. The van der Waals surface area contributed by atoms with E-state index in [-0.39, 0.29) is 11.2 Å². The molecular weight excluding hydrogens is 236 g/mol. The Bertz CT molecular complexity index is 611. The van der Waals surface area contributed by atoms with Gasteiger partial charge in [-0.05, 0) is 13.0 Å². The Hall–Kier alpha value is -1.07. The molecule has 80 valence electrons. The molecule has 0 radical (unpaired) electrons. The first kappa shape index (κ1) is 10.4. The molecule has 0 bridgehead atoms. The van der Waals surface area contributed by atoms with Crippen LogP contribution in [-0.2, 0) is 12.4 Å². The summed E-state index contributed by atoms with van der Waals surface area (Å²) in [5.74, 6) is 0.354. The van der Waals surface area contributed by atoms with Crippen LogP contribution in [0.25, 0.3) is 10.2 Å². The highest BCUT2D eigenvalue weighted by molar-refractivity contribution is 7.18. The van der Waals surface area contributed by atoms with Crippen LogP contribution >= 0.6 is 22.9 Å². The van der Waals surface area contributed by atoms with Gasteiger partial charge in [-0.3, -0.25) is 14.3 Å². The lowest BCUT2D eigenvalue weighted by Crippen LogP contribution is -2.33. The second-order valence-electron chi connectivity index (χ2n) is 3.07. The number of alkyl halides is 1. The highest BCUT2D eigenvalue weighted by Crippen LogP contribution is 2.21. The summed E-state index contributed by atoms with van der Waals surface area (Å²) in [4.78, 5) is 27.4. The van der Waals surface area contributed by atoms with E-state index in [1.807, 2.05) is 0 Å². The van der Waals surface area contributed by atoms with Gasteiger partial charge >= 0.3 is 5.69 Å². The summed E-state index contributed by atoms with van der Waals surface area (Å²) >= 11 is 7.02. The third kappa shape index (κ3) is 1.61. The fourth-order valence-electron chi connectivity index (χ4n) is 1.45. The van der Waals surface area contributed by atoms with Gasteiger partial charge in [-0.15, -0.1) is 22.9 Å². The van der Waals surface area contributed by atoms with Crippen LogP contribution in [0.4, 0.5) is 0 Å². The van der Waals surface area contributed by atoms with E-state index in [2.05, 4.69) is 4.98 Å². The van der Waals surface area contributed by atoms with Gasteiger partial charge < -0.3 is 0 Å². The second kappa shape index (κ2) is 3.83. The van der Waals surface area contributed by atoms with E-state index in [9.17, 15) is 9.59 Å². The van der Waals surface area contributed by atoms with Crippen LogP contribution in [0, 0.1) is 0 Å². The maximum absolute atomic E-state index is 11.8. The third-order valence-corrected chi connectivity index (χ3v) is 3.67. The van der Waals surface area contributed by atoms with Crippen LogP contribution in [0.2, 0.25) is 0 Å². The monoisotopic (exact) mass is 244 g/mol. The van der Waals surface area contributed by atoms with Crippen LogP contribution in [-0.4, -0.2) is 9.55 Å². The van der Waals surface area contributed by atoms with Gasteiger partial charge in [0.2, 0.25) is 0 Å². The maximum atomic E-state index is 11.8. The van der Waals surface area contributed by atoms with Crippen LogP contribution in [0.1, 0.15) is 11.8 Å². The summed E-state index contributed by atoms with van der Waals surface area (Å²) < 4.78 is 1.17. The predicted octanol–water partition coefficient (Wildman–Crippen LogP) is 1.51. The number of nitrogens with zero attached hydrogens (tertiary/aromatic N) is 1. The predicted molar refractivity (Wildman–Crippen MR) is 61.9 cm³/mol. The molecule has 0 aliphatic heterocycles. The lowest BCUT2D eigenvalue weighted by molar-refractivity contribution is 0.685. The summed E-state index contributed by atoms with van der Waals surface area (Å²) in [5, 5.41) is 0.539. The number of thiophene rings is 1. The van der Waals surface area contributed by atoms with Crippen molar-refractivity contribution in [3.63, 3.8) is 0 Å². The molecule has 1 N–H and O–H groups in total. The average molecular weight is 245 g/mol. The molecule has 0 spiro atoms. The van der Waals surface area contributed by atoms with Gasteiger partial charge in [0, 0.05) is 11.4 Å². The van der Waals surface area contributed by atoms with Crippen LogP contribution in [0.15, 0.2) is 15.7 Å². The zero-order valence-corrected chi connectivity index (χ0v) is 9.61. The highest BCUT2D eigenvalue weighted by Gasteiger charge is 2.09. The molecule has 0 amide bonds. The first-order chi connectivity index (χ1) is 7.17. The molecule has 15 heavy (non-hydrogen) atoms. The Morgan fingerprint density at radius 2 is 2.27 bits per heavy atom. The number of aromatic nitrogens is 2. The number of nitrogens with one attached hydrogen (secondary N) is 1. The SMILES string of the molecule is CCn1c(=O)[nH]c2sc(CCl)cc2c1=O. The number of hydrogen-bond donors (Lipinski definition) is 1. The summed E-state index contributed by atoms with van der Waals surface area (Å²) in [5.41, 5.74) is -0.609. The van der Waals surface area contributed by atoms with E-state index in [4.69, 9.17) is 11.6 Å². The second-order valence-corrected chi connectivity index (χ2v) is 4.47. The summed E-state index contributed by atoms with van der Waals surface area (Å²) in [6.07, 6.45) is 0. The minimum Gasteiger partial charge on any atom is -0.298 e. The van der Waals surface area contributed by atoms with Crippen LogP contribution in [0.5, 0.6) is 0 Å². The Morgan fingerprint density at radius 3 is 2.87 bits per heavy atom. The quantitative estimate of drug-likeness (QED) is 0.815. The van der Waals surface area contributed by atoms with E-state index < -0.39 is 0 Å². The Balaban J connectivity index is 2.89. The first-order valence-corrected chi connectivity index (χ1v) is 5.84. The minimum atomic E-state index is -0.363. The van der Waals surface area contributed by atoms with Gasteiger partial charge in [0.1, 0.15) is 4.83 Å². The van der Waals surface area contributed by atoms with Crippen molar-refractivity contribution < 1.29 is 0 Å². The van der Waals surface area contributed by atoms with Gasteiger partial charge in [0.25, 0.3) is 5.56 Å². The van der Waals surface area contributed by atoms with Crippen LogP contribution < -0.4 is 11.2 Å². The van der Waals surface area contributed by atoms with Crippen molar-refractivity contribution in [1.82, 2.24) is 9.55 Å². The molecule has 2 rings (SSSR count). The molecule has 0 aliphatic rings. The third-order valence-electron chi connectivity index (χ3n) is 2.17. The van der Waals surface area contributed by atoms with Crippen molar-refractivity contribution in [2.75, 3.05) is 0 Å². The number of rotatable bonds is 2. The fourth-order valence-corrected chi connectivity index (χ4v) is 2.58. The lowest BCUT2D eigenvalue weighted by Gasteiger charge is -1.98. The molecule has 0 atom stereocenters. The number of hydrogen-bond acceptors (Lipinski definition) is 3. The standard InChI is InChI=1S/C9H9ClN2O2S/c1-2-12-8(13)6-3-5(4-10)15-7(6)11-9(12)14/h3H,2,4H2,1H3,(H,11,14). The first-order valence-electron chi connectivity index (χ1n) is 4.49. The lowest BCUT2D eigenvalue weighted by atomic mass is 10.4. The van der Waals surface area contributed by atoms with Gasteiger partial charge in [0.05, 0.1) is 11.3 Å². The molecule has 0 saturated heterocycles. The number of fused-ring (bicyclic) bond motifs is 1. The van der Waals surface area contributed by atoms with Gasteiger partial charge in [0.15, 0.2) is 0 Å². The molecule has 0 fully saturated rings. The minimum absolute atomic E-state index is 0.246. The average Bonchev–Trinajstić information content (AvgIpc) is 2.61. The Morgan fingerprint density at radius 1 is 1.53 bits per heavy atom. The molecule has 4 nitrogen and oxygen atoms in total. The summed E-state index contributed by atoms with van der Waals surface area (Å²) in [6.45, 7) is 2.13. The van der Waals surface area contributed by atoms with Gasteiger partial charge in [-0.2, -0.15) is 0 Å². The van der Waals surface area contributed by atoms with E-state index >= 15 is 0 Å². The van der Waals surface area contributed by atoms with E-state index in [1.165, 1.54) is 15.9 Å². The van der Waals surface area contributed by atoms with Crippen molar-refractivity contribution in [2.24, 2.45) is 0 Å². The number of H-pyrrole nitrogens is 1. The van der Waals surface area contributed by atoms with E-state index in [0.29, 0.717) is 22.6 Å². The molecule has 2 aromatic heterocycles. The molecular formula is C9H9ClN2O2S. The van der Waals surface area contributed by atoms with Crippen molar-refractivity contribution in [3.05, 3.63) is 31.8 Å². The van der Waals surface area contributed by atoms with Gasteiger partial charge in [-0.1, -0.05) is 0 Å². The smallest absolute Gasteiger partial charge is 0.298 e. The fraction of sp³-hybridized carbons (Fsp3) is 0.333. The normalized spacial score (nSPS) is 11.1. The molecule has 0 saturated carbocycles. The topological polar surface area (TPSA) is 54.9 Å². The highest BCUT2D eigenvalue weighted by atomic mass is 35.5.